The van der Waals surface area contributed by atoms with Gasteiger partial charge in [0.2, 0.25) is 0 Å². The monoisotopic (exact) mass is 345 g/mol. The van der Waals surface area contributed by atoms with E-state index in [1.165, 1.54) is 0 Å². The Morgan fingerprint density at radius 1 is 1.20 bits per heavy atom. The first kappa shape index (κ1) is 17.9. The number of anilines is 1. The first-order valence-corrected chi connectivity index (χ1v) is 7.20. The Morgan fingerprint density at radius 3 is 2.52 bits per heavy atom. The fourth-order valence-corrected chi connectivity index (χ4v) is 2.35. The van der Waals surface area contributed by atoms with Gasteiger partial charge in [-0.3, -0.25) is 19.4 Å². The van der Waals surface area contributed by atoms with Gasteiger partial charge in [0.1, 0.15) is 6.04 Å². The Kier molecular flexibility index (Phi) is 5.28. The third-order valence-corrected chi connectivity index (χ3v) is 3.26. The largest absolute Gasteiger partial charge is 0.481 e. The zero-order chi connectivity index (χ0) is 18.6. The van der Waals surface area contributed by atoms with E-state index in [1.54, 1.807) is 36.5 Å². The molecule has 0 bridgehead atoms. The van der Waals surface area contributed by atoms with Crippen molar-refractivity contribution >= 4 is 40.5 Å². The molecule has 3 amide bonds. The molecule has 0 saturated carbocycles. The lowest BCUT2D eigenvalue weighted by Gasteiger charge is -2.15. The predicted octanol–water partition coefficient (Wildman–Crippen LogP) is 1.23. The summed E-state index contributed by atoms with van der Waals surface area (Å²) in [6.07, 6.45) is 1.18. The molecule has 1 unspecified atom stereocenters. The Labute approximate surface area is 141 Å². The van der Waals surface area contributed by atoms with Crippen LogP contribution in [0.25, 0.3) is 10.9 Å². The van der Waals surface area contributed by atoms with Crippen LogP contribution in [-0.2, 0) is 14.4 Å². The van der Waals surface area contributed by atoms with Crippen molar-refractivity contribution in [3.05, 3.63) is 36.5 Å². The minimum atomic E-state index is -1.14. The van der Waals surface area contributed by atoms with E-state index < -0.39 is 36.3 Å². The summed E-state index contributed by atoms with van der Waals surface area (Å²) in [5.74, 6) is -2.55. The minimum Gasteiger partial charge on any atom is -0.481 e. The number of urea groups is 1. The Hall–Kier alpha value is -3.49. The third-order valence-electron chi connectivity index (χ3n) is 3.26. The van der Waals surface area contributed by atoms with Gasteiger partial charge in [0.05, 0.1) is 17.6 Å². The second kappa shape index (κ2) is 7.39. The van der Waals surface area contributed by atoms with E-state index in [2.05, 4.69) is 10.3 Å². The molecule has 130 valence electrons. The second-order valence-electron chi connectivity index (χ2n) is 5.14. The predicted molar refractivity (Wildman–Crippen MR) is 87.1 cm³/mol. The van der Waals surface area contributed by atoms with Crippen molar-refractivity contribution in [3.63, 3.8) is 0 Å². The van der Waals surface area contributed by atoms with E-state index in [-0.39, 0.29) is 0 Å². The van der Waals surface area contributed by atoms with Crippen molar-refractivity contribution in [3.8, 4) is 0 Å². The zero-order valence-corrected chi connectivity index (χ0v) is 13.2. The average Bonchev–Trinajstić information content (AvgIpc) is 2.80. The second-order valence-corrected chi connectivity index (χ2v) is 5.14. The summed E-state index contributed by atoms with van der Waals surface area (Å²) in [6.45, 7) is 1.08. The molecule has 1 aliphatic rings. The lowest BCUT2D eigenvalue weighted by atomic mass is 10.1. The molecular weight excluding hydrogens is 330 g/mol. The summed E-state index contributed by atoms with van der Waals surface area (Å²) >= 11 is 0. The molecule has 25 heavy (non-hydrogen) atoms. The molecule has 1 aromatic heterocycles. The Morgan fingerprint density at radius 2 is 1.88 bits per heavy atom. The van der Waals surface area contributed by atoms with Gasteiger partial charge in [-0.1, -0.05) is 6.07 Å². The number of hydrogen-bond donors (Lipinski definition) is 3. The highest BCUT2D eigenvalue weighted by molar-refractivity contribution is 6.24. The summed E-state index contributed by atoms with van der Waals surface area (Å²) in [5.41, 5.74) is 1.05. The molecule has 1 fully saturated rings. The molecule has 2 aromatic rings. The third kappa shape index (κ3) is 4.08. The number of aromatic nitrogens is 1. The van der Waals surface area contributed by atoms with Gasteiger partial charge in [0, 0.05) is 18.5 Å². The summed E-state index contributed by atoms with van der Waals surface area (Å²) in [4.78, 5) is 49.1. The molecule has 3 N–H and O–H groups in total. The van der Waals surface area contributed by atoms with Crippen molar-refractivity contribution in [2.75, 3.05) is 4.90 Å². The molecule has 1 aliphatic heterocycles. The molecule has 1 atom stereocenters. The van der Waals surface area contributed by atoms with Crippen LogP contribution in [0, 0.1) is 0 Å². The number of imide groups is 1. The zero-order valence-electron chi connectivity index (χ0n) is 13.2. The van der Waals surface area contributed by atoms with Crippen LogP contribution >= 0.6 is 0 Å². The van der Waals surface area contributed by atoms with Gasteiger partial charge >= 0.3 is 12.0 Å². The van der Waals surface area contributed by atoms with E-state index in [4.69, 9.17) is 15.0 Å². The van der Waals surface area contributed by atoms with Crippen LogP contribution in [0.15, 0.2) is 36.5 Å². The van der Waals surface area contributed by atoms with Gasteiger partial charge < -0.3 is 15.5 Å². The first-order chi connectivity index (χ1) is 11.8. The summed E-state index contributed by atoms with van der Waals surface area (Å²) in [6, 6.07) is 6.89. The van der Waals surface area contributed by atoms with Crippen LogP contribution in [0.1, 0.15) is 13.3 Å². The number of rotatable bonds is 3. The number of pyridine rings is 1. The van der Waals surface area contributed by atoms with Crippen molar-refractivity contribution in [1.82, 2.24) is 10.3 Å². The van der Waals surface area contributed by atoms with Gasteiger partial charge in [-0.15, -0.1) is 0 Å². The number of fused-ring (bicyclic) bond motifs is 1. The van der Waals surface area contributed by atoms with Gasteiger partial charge in [-0.2, -0.15) is 0 Å². The highest BCUT2D eigenvalue weighted by Gasteiger charge is 2.40. The highest BCUT2D eigenvalue weighted by atomic mass is 16.4. The van der Waals surface area contributed by atoms with E-state index in [0.29, 0.717) is 16.6 Å². The van der Waals surface area contributed by atoms with Crippen LogP contribution < -0.4 is 10.2 Å². The Balaban J connectivity index is 0.000000511. The maximum Gasteiger partial charge on any atom is 0.329 e. The number of nitrogens with one attached hydrogen (secondary N) is 1. The number of carboxylic acids is 2. The normalized spacial score (nSPS) is 16.2. The van der Waals surface area contributed by atoms with Crippen molar-refractivity contribution in [2.24, 2.45) is 0 Å². The van der Waals surface area contributed by atoms with Crippen LogP contribution in [0.2, 0.25) is 0 Å². The molecule has 0 radical (unpaired) electrons. The molecule has 3 rings (SSSR count). The number of aliphatic carboxylic acids is 2. The van der Waals surface area contributed by atoms with Gasteiger partial charge in [-0.05, 0) is 24.3 Å². The van der Waals surface area contributed by atoms with E-state index >= 15 is 0 Å². The minimum absolute atomic E-state index is 0.399. The maximum atomic E-state index is 12.3. The number of carbonyl (C=O) groups is 4. The lowest BCUT2D eigenvalue weighted by molar-refractivity contribution is -0.139. The molecular formula is C16H15N3O6. The van der Waals surface area contributed by atoms with Crippen molar-refractivity contribution in [1.29, 1.82) is 0 Å². The Bertz CT molecular complexity index is 841. The number of hydrogen-bond acceptors (Lipinski definition) is 5. The number of benzene rings is 1. The van der Waals surface area contributed by atoms with Crippen LogP contribution in [0.4, 0.5) is 10.5 Å². The maximum absolute atomic E-state index is 12.3. The van der Waals surface area contributed by atoms with Crippen molar-refractivity contribution in [2.45, 2.75) is 19.4 Å². The van der Waals surface area contributed by atoms with E-state index in [1.807, 2.05) is 0 Å². The molecule has 1 saturated heterocycles. The molecule has 9 nitrogen and oxygen atoms in total. The number of amides is 3. The standard InChI is InChI=1S/C14H11N3O4.C2H4O2/c18-12(19)7-10-13(20)17(14(21)16-10)11-5-1-4-9-8(11)3-2-6-15-9;1-2(3)4/h1-6,10H,7H2,(H,16,21)(H,18,19);1H3,(H,3,4). The molecule has 9 heteroatoms. The van der Waals surface area contributed by atoms with Gasteiger partial charge in [0.25, 0.3) is 11.9 Å². The summed E-state index contributed by atoms with van der Waals surface area (Å²) < 4.78 is 0. The van der Waals surface area contributed by atoms with Crippen LogP contribution in [0.5, 0.6) is 0 Å². The molecule has 1 aromatic carbocycles. The quantitative estimate of drug-likeness (QED) is 0.711. The first-order valence-electron chi connectivity index (χ1n) is 7.20. The lowest BCUT2D eigenvalue weighted by Crippen LogP contribution is -2.32. The van der Waals surface area contributed by atoms with Crippen LogP contribution in [0.3, 0.4) is 0 Å². The number of carboxylic acid groups (broad SMARTS) is 2. The number of carbonyl (C=O) groups excluding carboxylic acids is 2. The average molecular weight is 345 g/mol. The topological polar surface area (TPSA) is 137 Å². The summed E-state index contributed by atoms with van der Waals surface area (Å²) in [5, 5.41) is 19.2. The van der Waals surface area contributed by atoms with Crippen LogP contribution in [-0.4, -0.2) is 45.1 Å². The fraction of sp³-hybridized carbons (Fsp3) is 0.188. The van der Waals surface area contributed by atoms with Crippen molar-refractivity contribution < 1.29 is 29.4 Å². The van der Waals surface area contributed by atoms with Gasteiger partial charge in [0.15, 0.2) is 0 Å². The molecule has 2 heterocycles. The smallest absolute Gasteiger partial charge is 0.329 e. The fourth-order valence-electron chi connectivity index (χ4n) is 2.35. The highest BCUT2D eigenvalue weighted by Crippen LogP contribution is 2.28. The van der Waals surface area contributed by atoms with E-state index in [0.717, 1.165) is 11.8 Å². The molecule has 0 spiro atoms. The van der Waals surface area contributed by atoms with E-state index in [9.17, 15) is 14.4 Å². The summed E-state index contributed by atoms with van der Waals surface area (Å²) in [7, 11) is 0. The van der Waals surface area contributed by atoms with Gasteiger partial charge in [-0.25, -0.2) is 9.69 Å². The molecule has 0 aliphatic carbocycles. The number of nitrogens with zero attached hydrogens (tertiary/aromatic N) is 2. The SMILES string of the molecule is CC(=O)O.O=C(O)CC1NC(=O)N(c2cccc3ncccc23)C1=O.